The Bertz CT molecular complexity index is 538. The molecule has 0 aromatic carbocycles. The zero-order valence-electron chi connectivity index (χ0n) is 13.1. The van der Waals surface area contributed by atoms with Gasteiger partial charge in [-0.2, -0.15) is 0 Å². The Kier molecular flexibility index (Phi) is 4.20. The normalized spacial score (nSPS) is 29.5. The molecule has 0 radical (unpaired) electrons. The molecule has 1 amide bonds. The molecule has 1 aliphatic carbocycles. The van der Waals surface area contributed by atoms with Crippen LogP contribution >= 0.6 is 11.3 Å². The summed E-state index contributed by atoms with van der Waals surface area (Å²) in [7, 11) is 0. The first-order valence-electron chi connectivity index (χ1n) is 8.63. The Balaban J connectivity index is 1.42. The lowest BCUT2D eigenvalue weighted by Crippen LogP contribution is -2.49. The molecule has 1 aromatic rings. The quantitative estimate of drug-likeness (QED) is 0.901. The second kappa shape index (κ2) is 6.30. The Morgan fingerprint density at radius 2 is 2.09 bits per heavy atom. The minimum Gasteiger partial charge on any atom is -0.341 e. The first-order valence-corrected chi connectivity index (χ1v) is 9.51. The van der Waals surface area contributed by atoms with E-state index in [1.54, 1.807) is 0 Å². The minimum atomic E-state index is 0.136. The summed E-state index contributed by atoms with van der Waals surface area (Å²) in [5.41, 5.74) is 1.33. The van der Waals surface area contributed by atoms with Gasteiger partial charge in [0, 0.05) is 50.2 Å². The van der Waals surface area contributed by atoms with Crippen molar-refractivity contribution in [1.82, 2.24) is 15.1 Å². The van der Waals surface area contributed by atoms with Gasteiger partial charge in [-0.1, -0.05) is 0 Å². The molecule has 1 N–H and O–H groups in total. The molecule has 2 saturated heterocycles. The molecule has 0 saturated carbocycles. The number of carbonyl (C=O) groups is 1. The van der Waals surface area contributed by atoms with Crippen molar-refractivity contribution in [2.24, 2.45) is 0 Å². The number of hydrogen-bond donors (Lipinski definition) is 1. The molecule has 1 aromatic heterocycles. The maximum Gasteiger partial charge on any atom is 0.230 e. The van der Waals surface area contributed by atoms with Crippen molar-refractivity contribution in [3.05, 3.63) is 21.9 Å². The number of amides is 1. The lowest BCUT2D eigenvalue weighted by molar-refractivity contribution is -0.132. The SMILES string of the molecule is O=C(C1CCCc2sccc21)N1CCC(N2CCNCC2)C1. The summed E-state index contributed by atoms with van der Waals surface area (Å²) in [5.74, 6) is 0.522. The van der Waals surface area contributed by atoms with Crippen molar-refractivity contribution in [3.8, 4) is 0 Å². The summed E-state index contributed by atoms with van der Waals surface area (Å²) in [6.07, 6.45) is 4.52. The van der Waals surface area contributed by atoms with Crippen LogP contribution in [0.2, 0.25) is 0 Å². The van der Waals surface area contributed by atoms with E-state index >= 15 is 0 Å². The van der Waals surface area contributed by atoms with E-state index in [2.05, 4.69) is 26.6 Å². The number of nitrogens with one attached hydrogen (secondary N) is 1. The summed E-state index contributed by atoms with van der Waals surface area (Å²) in [6.45, 7) is 6.32. The molecule has 4 rings (SSSR count). The Morgan fingerprint density at radius 3 is 2.95 bits per heavy atom. The molecule has 3 heterocycles. The molecule has 0 bridgehead atoms. The molecule has 22 heavy (non-hydrogen) atoms. The van der Waals surface area contributed by atoms with Crippen molar-refractivity contribution in [2.75, 3.05) is 39.3 Å². The van der Waals surface area contributed by atoms with Crippen LogP contribution in [0.3, 0.4) is 0 Å². The van der Waals surface area contributed by atoms with Gasteiger partial charge in [-0.05, 0) is 42.7 Å². The van der Waals surface area contributed by atoms with Crippen molar-refractivity contribution in [3.63, 3.8) is 0 Å². The smallest absolute Gasteiger partial charge is 0.230 e. The van der Waals surface area contributed by atoms with Crippen LogP contribution in [0.25, 0.3) is 0 Å². The van der Waals surface area contributed by atoms with Crippen LogP contribution in [0.4, 0.5) is 0 Å². The Labute approximate surface area is 136 Å². The van der Waals surface area contributed by atoms with E-state index in [-0.39, 0.29) is 5.92 Å². The van der Waals surface area contributed by atoms with E-state index in [0.29, 0.717) is 11.9 Å². The fourth-order valence-electron chi connectivity index (χ4n) is 4.25. The maximum absolute atomic E-state index is 13.0. The molecule has 4 nitrogen and oxygen atoms in total. The van der Waals surface area contributed by atoms with Gasteiger partial charge in [-0.15, -0.1) is 11.3 Å². The van der Waals surface area contributed by atoms with E-state index in [0.717, 1.165) is 52.1 Å². The third-order valence-corrected chi connectivity index (χ3v) is 6.49. The first kappa shape index (κ1) is 14.7. The number of rotatable bonds is 2. The van der Waals surface area contributed by atoms with Gasteiger partial charge in [0.15, 0.2) is 0 Å². The highest BCUT2D eigenvalue weighted by atomic mass is 32.1. The van der Waals surface area contributed by atoms with Crippen LogP contribution in [-0.4, -0.2) is 61.0 Å². The maximum atomic E-state index is 13.0. The molecular weight excluding hydrogens is 294 g/mol. The number of aryl methyl sites for hydroxylation is 1. The van der Waals surface area contributed by atoms with Crippen molar-refractivity contribution >= 4 is 17.2 Å². The third-order valence-electron chi connectivity index (χ3n) is 5.49. The molecule has 120 valence electrons. The predicted molar refractivity (Wildman–Crippen MR) is 89.4 cm³/mol. The van der Waals surface area contributed by atoms with Crippen LogP contribution in [-0.2, 0) is 11.2 Å². The average Bonchev–Trinajstić information content (AvgIpc) is 3.24. The molecule has 0 spiro atoms. The second-order valence-electron chi connectivity index (χ2n) is 6.76. The summed E-state index contributed by atoms with van der Waals surface area (Å²) in [5, 5.41) is 5.57. The molecule has 2 aliphatic heterocycles. The average molecular weight is 319 g/mol. The van der Waals surface area contributed by atoms with Gasteiger partial charge in [-0.25, -0.2) is 0 Å². The number of likely N-dealkylation sites (tertiary alicyclic amines) is 1. The van der Waals surface area contributed by atoms with E-state index < -0.39 is 0 Å². The molecule has 2 unspecified atom stereocenters. The lowest BCUT2D eigenvalue weighted by atomic mass is 9.87. The molecule has 2 atom stereocenters. The number of fused-ring (bicyclic) bond motifs is 1. The van der Waals surface area contributed by atoms with Gasteiger partial charge in [0.25, 0.3) is 0 Å². The van der Waals surface area contributed by atoms with Crippen LogP contribution in [0.1, 0.15) is 35.6 Å². The molecule has 2 fully saturated rings. The second-order valence-corrected chi connectivity index (χ2v) is 7.76. The predicted octanol–water partition coefficient (Wildman–Crippen LogP) is 1.67. The fourth-order valence-corrected chi connectivity index (χ4v) is 5.24. The Morgan fingerprint density at radius 1 is 1.23 bits per heavy atom. The number of hydrogen-bond acceptors (Lipinski definition) is 4. The topological polar surface area (TPSA) is 35.6 Å². The molecule has 3 aliphatic rings. The van der Waals surface area contributed by atoms with Crippen LogP contribution in [0.5, 0.6) is 0 Å². The largest absolute Gasteiger partial charge is 0.341 e. The van der Waals surface area contributed by atoms with E-state index in [1.165, 1.54) is 23.3 Å². The van der Waals surface area contributed by atoms with E-state index in [9.17, 15) is 4.79 Å². The van der Waals surface area contributed by atoms with Crippen molar-refractivity contribution in [2.45, 2.75) is 37.6 Å². The lowest BCUT2D eigenvalue weighted by Gasteiger charge is -2.33. The highest BCUT2D eigenvalue weighted by Crippen LogP contribution is 2.36. The summed E-state index contributed by atoms with van der Waals surface area (Å²) >= 11 is 1.83. The first-order chi connectivity index (χ1) is 10.8. The Hall–Kier alpha value is -0.910. The fraction of sp³-hybridized carbons (Fsp3) is 0.706. The summed E-state index contributed by atoms with van der Waals surface area (Å²) < 4.78 is 0. The van der Waals surface area contributed by atoms with Crippen LogP contribution in [0, 0.1) is 0 Å². The third kappa shape index (κ3) is 2.70. The van der Waals surface area contributed by atoms with Gasteiger partial charge in [0.1, 0.15) is 0 Å². The van der Waals surface area contributed by atoms with Crippen LogP contribution in [0.15, 0.2) is 11.4 Å². The van der Waals surface area contributed by atoms with Crippen LogP contribution < -0.4 is 5.32 Å². The number of piperazine rings is 1. The zero-order chi connectivity index (χ0) is 14.9. The zero-order valence-corrected chi connectivity index (χ0v) is 13.9. The van der Waals surface area contributed by atoms with Gasteiger partial charge in [0.05, 0.1) is 5.92 Å². The van der Waals surface area contributed by atoms with E-state index in [1.807, 2.05) is 11.3 Å². The van der Waals surface area contributed by atoms with Gasteiger partial charge < -0.3 is 10.2 Å². The number of thiophene rings is 1. The summed E-state index contributed by atoms with van der Waals surface area (Å²) in [4.78, 5) is 19.1. The van der Waals surface area contributed by atoms with Crippen molar-refractivity contribution < 1.29 is 4.79 Å². The number of carbonyl (C=O) groups excluding carboxylic acids is 1. The highest BCUT2D eigenvalue weighted by molar-refractivity contribution is 7.10. The standard InChI is InChI=1S/C17H25N3OS/c21-17(15-2-1-3-16-14(15)5-11-22-16)20-8-4-13(12-20)19-9-6-18-7-10-19/h5,11,13,15,18H,1-4,6-10,12H2. The van der Waals surface area contributed by atoms with Gasteiger partial charge in [-0.3, -0.25) is 9.69 Å². The number of nitrogens with zero attached hydrogens (tertiary/aromatic N) is 2. The minimum absolute atomic E-state index is 0.136. The highest BCUT2D eigenvalue weighted by Gasteiger charge is 2.36. The monoisotopic (exact) mass is 319 g/mol. The van der Waals surface area contributed by atoms with Gasteiger partial charge >= 0.3 is 0 Å². The summed E-state index contributed by atoms with van der Waals surface area (Å²) in [6, 6.07) is 2.77. The molecule has 5 heteroatoms. The van der Waals surface area contributed by atoms with E-state index in [4.69, 9.17) is 0 Å². The van der Waals surface area contributed by atoms with Crippen molar-refractivity contribution in [1.29, 1.82) is 0 Å². The van der Waals surface area contributed by atoms with Gasteiger partial charge in [0.2, 0.25) is 5.91 Å². The molecular formula is C17H25N3OS.